The fourth-order valence-electron chi connectivity index (χ4n) is 3.05. The number of thioether (sulfide) groups is 1. The average Bonchev–Trinajstić information content (AvgIpc) is 2.56. The zero-order valence-electron chi connectivity index (χ0n) is 13.8. The summed E-state index contributed by atoms with van der Waals surface area (Å²) in [6.07, 6.45) is 2.00. The van der Waals surface area contributed by atoms with E-state index in [1.165, 1.54) is 0 Å². The van der Waals surface area contributed by atoms with Crippen LogP contribution in [0.5, 0.6) is 0 Å². The fourth-order valence-corrected chi connectivity index (χ4v) is 3.49. The first-order chi connectivity index (χ1) is 11.5. The van der Waals surface area contributed by atoms with Crippen LogP contribution in [0, 0.1) is 0 Å². The Morgan fingerprint density at radius 3 is 2.88 bits per heavy atom. The second-order valence-electron chi connectivity index (χ2n) is 6.15. The van der Waals surface area contributed by atoms with Gasteiger partial charge < -0.3 is 10.1 Å². The second-order valence-corrected chi connectivity index (χ2v) is 7.03. The van der Waals surface area contributed by atoms with Crippen molar-refractivity contribution in [2.45, 2.75) is 17.5 Å². The van der Waals surface area contributed by atoms with E-state index in [4.69, 9.17) is 0 Å². The molecule has 1 aromatic heterocycles. The van der Waals surface area contributed by atoms with Crippen molar-refractivity contribution in [3.05, 3.63) is 40.2 Å². The number of aromatic nitrogens is 1. The Morgan fingerprint density at radius 2 is 2.17 bits per heavy atom. The topological polar surface area (TPSA) is 76.6 Å². The molecular weight excluding hydrogens is 326 g/mol. The third-order valence-electron chi connectivity index (χ3n) is 4.54. The van der Waals surface area contributed by atoms with Crippen LogP contribution in [0.25, 0.3) is 10.9 Å². The van der Waals surface area contributed by atoms with Crippen LogP contribution >= 0.6 is 11.8 Å². The number of H-pyrrole nitrogens is 1. The van der Waals surface area contributed by atoms with Gasteiger partial charge >= 0.3 is 5.97 Å². The Morgan fingerprint density at radius 1 is 1.38 bits per heavy atom. The largest absolute Gasteiger partial charge is 0.480 e. The van der Waals surface area contributed by atoms with Crippen LogP contribution < -0.4 is 5.56 Å². The molecule has 2 aromatic rings. The lowest BCUT2D eigenvalue weighted by Gasteiger charge is -2.37. The molecule has 0 saturated carbocycles. The number of aromatic amines is 1. The summed E-state index contributed by atoms with van der Waals surface area (Å²) in [5.41, 5.74) is 1.40. The molecule has 1 unspecified atom stereocenters. The number of carboxylic acids is 1. The normalized spacial score (nSPS) is 19.7. The Labute approximate surface area is 144 Å². The van der Waals surface area contributed by atoms with E-state index in [0.29, 0.717) is 25.2 Å². The van der Waals surface area contributed by atoms with E-state index < -0.39 is 12.0 Å². The smallest absolute Gasteiger partial charge is 0.322 e. The van der Waals surface area contributed by atoms with Crippen LogP contribution in [-0.2, 0) is 11.3 Å². The maximum absolute atomic E-state index is 12.4. The number of benzene rings is 1. The third-order valence-corrected chi connectivity index (χ3v) is 5.27. The number of carbonyl (C=O) groups is 1. The number of rotatable bonds is 4. The summed E-state index contributed by atoms with van der Waals surface area (Å²) in [5, 5.41) is 10.3. The quantitative estimate of drug-likeness (QED) is 0.816. The molecule has 0 spiro atoms. The van der Waals surface area contributed by atoms with E-state index in [9.17, 15) is 14.7 Å². The van der Waals surface area contributed by atoms with Crippen molar-refractivity contribution in [3.8, 4) is 0 Å². The van der Waals surface area contributed by atoms with Crippen LogP contribution in [0.2, 0.25) is 0 Å². The van der Waals surface area contributed by atoms with Gasteiger partial charge in [0.15, 0.2) is 0 Å². The molecule has 2 N–H and O–H groups in total. The highest BCUT2D eigenvalue weighted by molar-refractivity contribution is 7.98. The predicted molar refractivity (Wildman–Crippen MR) is 95.7 cm³/mol. The van der Waals surface area contributed by atoms with Crippen LogP contribution in [0.3, 0.4) is 0 Å². The Hall–Kier alpha value is -1.83. The van der Waals surface area contributed by atoms with Crippen molar-refractivity contribution >= 4 is 28.6 Å². The summed E-state index contributed by atoms with van der Waals surface area (Å²) in [6, 6.07) is 7.40. The number of nitrogens with one attached hydrogen (secondary N) is 1. The molecule has 3 rings (SSSR count). The molecule has 0 amide bonds. The van der Waals surface area contributed by atoms with Gasteiger partial charge in [0.2, 0.25) is 0 Å². The van der Waals surface area contributed by atoms with Gasteiger partial charge in [-0.25, -0.2) is 0 Å². The molecule has 1 aromatic carbocycles. The summed E-state index contributed by atoms with van der Waals surface area (Å²) in [7, 11) is 1.82. The highest BCUT2D eigenvalue weighted by Gasteiger charge is 2.29. The van der Waals surface area contributed by atoms with Crippen molar-refractivity contribution in [2.24, 2.45) is 0 Å². The van der Waals surface area contributed by atoms with Crippen molar-refractivity contribution in [1.82, 2.24) is 14.8 Å². The molecular formula is C17H21N3O3S. The van der Waals surface area contributed by atoms with Gasteiger partial charge in [-0.2, -0.15) is 0 Å². The van der Waals surface area contributed by atoms with Gasteiger partial charge in [0.1, 0.15) is 6.04 Å². The van der Waals surface area contributed by atoms with Gasteiger partial charge in [-0.05, 0) is 36.9 Å². The monoisotopic (exact) mass is 347 g/mol. The van der Waals surface area contributed by atoms with Gasteiger partial charge in [0.25, 0.3) is 5.56 Å². The van der Waals surface area contributed by atoms with Crippen LogP contribution in [0.1, 0.15) is 5.56 Å². The summed E-state index contributed by atoms with van der Waals surface area (Å²) < 4.78 is 0. The standard InChI is InChI=1S/C17H21N3O3S/c1-19-5-6-20(10-15(19)17(22)23)9-12-7-11-3-4-13(24-2)8-14(11)18-16(12)21/h3-4,7-8,15H,5-6,9-10H2,1-2H3,(H,18,21)(H,22,23). The lowest BCUT2D eigenvalue weighted by Crippen LogP contribution is -2.54. The van der Waals surface area contributed by atoms with Gasteiger partial charge in [0, 0.05) is 42.2 Å². The molecule has 0 radical (unpaired) electrons. The molecule has 1 atom stereocenters. The first-order valence-corrected chi connectivity index (χ1v) is 9.06. The van der Waals surface area contributed by atoms with Gasteiger partial charge in [-0.3, -0.25) is 19.4 Å². The number of hydrogen-bond acceptors (Lipinski definition) is 5. The number of hydrogen-bond donors (Lipinski definition) is 2. The molecule has 2 heterocycles. The average molecular weight is 347 g/mol. The fraction of sp³-hybridized carbons (Fsp3) is 0.412. The minimum Gasteiger partial charge on any atom is -0.480 e. The number of fused-ring (bicyclic) bond motifs is 1. The van der Waals surface area contributed by atoms with Crippen molar-refractivity contribution in [1.29, 1.82) is 0 Å². The molecule has 7 heteroatoms. The lowest BCUT2D eigenvalue weighted by atomic mass is 10.1. The minimum absolute atomic E-state index is 0.105. The Balaban J connectivity index is 1.83. The number of nitrogens with zero attached hydrogens (tertiary/aromatic N) is 2. The van der Waals surface area contributed by atoms with Gasteiger partial charge in [-0.15, -0.1) is 11.8 Å². The first-order valence-electron chi connectivity index (χ1n) is 7.83. The van der Waals surface area contributed by atoms with E-state index in [1.807, 2.05) is 47.4 Å². The molecule has 0 aliphatic carbocycles. The number of likely N-dealkylation sites (N-methyl/N-ethyl adjacent to an activating group) is 1. The molecule has 1 fully saturated rings. The van der Waals surface area contributed by atoms with E-state index in [0.717, 1.165) is 22.3 Å². The van der Waals surface area contributed by atoms with E-state index in [2.05, 4.69) is 4.98 Å². The highest BCUT2D eigenvalue weighted by Crippen LogP contribution is 2.20. The molecule has 1 aliphatic rings. The third kappa shape index (κ3) is 3.48. The number of carboxylic acid groups (broad SMARTS) is 1. The SMILES string of the molecule is CSc1ccc2cc(CN3CCN(C)C(C(=O)O)C3)c(=O)[nH]c2c1. The predicted octanol–water partition coefficient (Wildman–Crippen LogP) is 1.45. The maximum Gasteiger partial charge on any atom is 0.322 e. The second kappa shape index (κ2) is 6.96. The zero-order chi connectivity index (χ0) is 17.3. The summed E-state index contributed by atoms with van der Waals surface area (Å²) >= 11 is 1.63. The van der Waals surface area contributed by atoms with Crippen molar-refractivity contribution < 1.29 is 9.90 Å². The lowest BCUT2D eigenvalue weighted by molar-refractivity contribution is -0.145. The van der Waals surface area contributed by atoms with Gasteiger partial charge in [-0.1, -0.05) is 6.07 Å². The molecule has 0 bridgehead atoms. The molecule has 128 valence electrons. The molecule has 1 saturated heterocycles. The van der Waals surface area contributed by atoms with E-state index in [1.54, 1.807) is 11.8 Å². The summed E-state index contributed by atoms with van der Waals surface area (Å²) in [4.78, 5) is 31.6. The number of pyridine rings is 1. The van der Waals surface area contributed by atoms with Crippen molar-refractivity contribution in [2.75, 3.05) is 32.9 Å². The first kappa shape index (κ1) is 17.0. The van der Waals surface area contributed by atoms with Crippen LogP contribution in [-0.4, -0.2) is 64.8 Å². The molecule has 6 nitrogen and oxygen atoms in total. The Bertz CT molecular complexity index is 820. The zero-order valence-corrected chi connectivity index (χ0v) is 14.6. The van der Waals surface area contributed by atoms with Crippen LogP contribution in [0.15, 0.2) is 34.0 Å². The Kier molecular flexibility index (Phi) is 4.93. The van der Waals surface area contributed by atoms with E-state index >= 15 is 0 Å². The van der Waals surface area contributed by atoms with Gasteiger partial charge in [0.05, 0.1) is 0 Å². The van der Waals surface area contributed by atoms with E-state index in [-0.39, 0.29) is 5.56 Å². The maximum atomic E-state index is 12.4. The summed E-state index contributed by atoms with van der Waals surface area (Å²) in [5.74, 6) is -0.820. The number of aliphatic carboxylic acids is 1. The van der Waals surface area contributed by atoms with Crippen molar-refractivity contribution in [3.63, 3.8) is 0 Å². The molecule has 1 aliphatic heterocycles. The summed E-state index contributed by atoms with van der Waals surface area (Å²) in [6.45, 7) is 2.32. The number of piperazine rings is 1. The van der Waals surface area contributed by atoms with Crippen LogP contribution in [0.4, 0.5) is 0 Å². The highest BCUT2D eigenvalue weighted by atomic mass is 32.2. The minimum atomic E-state index is -0.820. The molecule has 24 heavy (non-hydrogen) atoms.